The first-order chi connectivity index (χ1) is 10.9. The highest BCUT2D eigenvalue weighted by Crippen LogP contribution is 2.21. The molecule has 1 aromatic heterocycles. The quantitative estimate of drug-likeness (QED) is 0.826. The van der Waals surface area contributed by atoms with Crippen LogP contribution in [-0.4, -0.2) is 35.9 Å². The topological polar surface area (TPSA) is 84.0 Å². The average Bonchev–Trinajstić information content (AvgIpc) is 2.80. The number of rotatable bonds is 4. The lowest BCUT2D eigenvalue weighted by atomic mass is 10.2. The second-order valence-corrected chi connectivity index (χ2v) is 8.71. The van der Waals surface area contributed by atoms with E-state index in [9.17, 15) is 8.42 Å². The van der Waals surface area contributed by atoms with Gasteiger partial charge in [-0.05, 0) is 37.6 Å². The van der Waals surface area contributed by atoms with E-state index in [1.54, 1.807) is 6.07 Å². The van der Waals surface area contributed by atoms with Crippen molar-refractivity contribution >= 4 is 43.1 Å². The summed E-state index contributed by atoms with van der Waals surface area (Å²) in [5.41, 5.74) is 0.917. The van der Waals surface area contributed by atoms with E-state index in [-0.39, 0.29) is 17.5 Å². The molecule has 0 saturated carbocycles. The summed E-state index contributed by atoms with van der Waals surface area (Å²) in [6.07, 6.45) is 0.612. The fourth-order valence-corrected chi connectivity index (χ4v) is 4.44. The first kappa shape index (κ1) is 16.2. The van der Waals surface area contributed by atoms with Crippen molar-refractivity contribution in [3.8, 4) is 0 Å². The van der Waals surface area contributed by atoms with Crippen molar-refractivity contribution in [3.63, 3.8) is 0 Å². The van der Waals surface area contributed by atoms with Crippen LogP contribution in [0, 0.1) is 6.92 Å². The normalized spacial score (nSPS) is 19.5. The molecule has 0 amide bonds. The Morgan fingerprint density at radius 1 is 1.17 bits per heavy atom. The Bertz CT molecular complexity index is 809. The van der Waals surface area contributed by atoms with E-state index in [4.69, 9.17) is 0 Å². The fourth-order valence-electron chi connectivity index (χ4n) is 2.50. The Morgan fingerprint density at radius 2 is 1.87 bits per heavy atom. The summed E-state index contributed by atoms with van der Waals surface area (Å²) < 4.78 is 24.1. The SMILES string of the molecule is Cc1nc(Nc2ccc(Br)cc2)cc(NC2CCS(=O)(=O)C2)n1. The summed E-state index contributed by atoms with van der Waals surface area (Å²) in [6, 6.07) is 9.48. The van der Waals surface area contributed by atoms with Crippen LogP contribution in [0.2, 0.25) is 0 Å². The molecule has 1 aliphatic heterocycles. The number of hydrogen-bond acceptors (Lipinski definition) is 6. The summed E-state index contributed by atoms with van der Waals surface area (Å²) >= 11 is 3.40. The van der Waals surface area contributed by atoms with Gasteiger partial charge in [-0.25, -0.2) is 18.4 Å². The van der Waals surface area contributed by atoms with E-state index in [1.165, 1.54) is 0 Å². The minimum Gasteiger partial charge on any atom is -0.366 e. The van der Waals surface area contributed by atoms with E-state index in [0.29, 0.717) is 23.9 Å². The van der Waals surface area contributed by atoms with Gasteiger partial charge >= 0.3 is 0 Å². The highest BCUT2D eigenvalue weighted by molar-refractivity contribution is 9.10. The number of nitrogens with one attached hydrogen (secondary N) is 2. The van der Waals surface area contributed by atoms with E-state index in [1.807, 2.05) is 31.2 Å². The number of halogens is 1. The maximum Gasteiger partial charge on any atom is 0.152 e. The molecule has 8 heteroatoms. The van der Waals surface area contributed by atoms with Gasteiger partial charge in [0.2, 0.25) is 0 Å². The third-order valence-corrected chi connectivity index (χ3v) is 5.84. The first-order valence-electron chi connectivity index (χ1n) is 7.25. The maximum atomic E-state index is 11.5. The van der Waals surface area contributed by atoms with Crippen molar-refractivity contribution in [2.45, 2.75) is 19.4 Å². The van der Waals surface area contributed by atoms with Gasteiger partial charge in [0.1, 0.15) is 17.5 Å². The number of aromatic nitrogens is 2. The predicted octanol–water partition coefficient (Wildman–Crippen LogP) is 2.89. The number of nitrogens with zero attached hydrogens (tertiary/aromatic N) is 2. The number of aryl methyl sites for hydroxylation is 1. The average molecular weight is 397 g/mol. The van der Waals surface area contributed by atoms with Crippen LogP contribution in [0.4, 0.5) is 17.3 Å². The Morgan fingerprint density at radius 3 is 2.52 bits per heavy atom. The van der Waals surface area contributed by atoms with Gasteiger partial charge in [0.15, 0.2) is 9.84 Å². The third kappa shape index (κ3) is 4.42. The molecule has 1 aromatic carbocycles. The Hall–Kier alpha value is -1.67. The highest BCUT2D eigenvalue weighted by atomic mass is 79.9. The van der Waals surface area contributed by atoms with Gasteiger partial charge in [-0.3, -0.25) is 0 Å². The second-order valence-electron chi connectivity index (χ2n) is 5.56. The molecule has 6 nitrogen and oxygen atoms in total. The smallest absolute Gasteiger partial charge is 0.152 e. The monoisotopic (exact) mass is 396 g/mol. The molecule has 3 rings (SSSR count). The highest BCUT2D eigenvalue weighted by Gasteiger charge is 2.28. The third-order valence-electron chi connectivity index (χ3n) is 3.54. The van der Waals surface area contributed by atoms with Crippen LogP contribution in [0.15, 0.2) is 34.8 Å². The summed E-state index contributed by atoms with van der Waals surface area (Å²) in [4.78, 5) is 8.70. The second kappa shape index (κ2) is 6.45. The Kier molecular flexibility index (Phi) is 4.54. The number of sulfone groups is 1. The molecule has 2 N–H and O–H groups in total. The summed E-state index contributed by atoms with van der Waals surface area (Å²) in [5, 5.41) is 6.42. The van der Waals surface area contributed by atoms with Crippen molar-refractivity contribution in [2.75, 3.05) is 22.1 Å². The van der Waals surface area contributed by atoms with Crippen molar-refractivity contribution < 1.29 is 8.42 Å². The van der Waals surface area contributed by atoms with E-state index in [2.05, 4.69) is 36.5 Å². The molecule has 1 fully saturated rings. The van der Waals surface area contributed by atoms with Crippen molar-refractivity contribution in [2.24, 2.45) is 0 Å². The molecule has 1 saturated heterocycles. The molecule has 2 aromatic rings. The van der Waals surface area contributed by atoms with Gasteiger partial charge in [0.25, 0.3) is 0 Å². The van der Waals surface area contributed by atoms with Crippen LogP contribution in [0.25, 0.3) is 0 Å². The molecular weight excluding hydrogens is 380 g/mol. The lowest BCUT2D eigenvalue weighted by Gasteiger charge is -2.13. The number of hydrogen-bond donors (Lipinski definition) is 2. The zero-order valence-electron chi connectivity index (χ0n) is 12.6. The van der Waals surface area contributed by atoms with Gasteiger partial charge in [0.05, 0.1) is 11.5 Å². The molecule has 0 aliphatic carbocycles. The van der Waals surface area contributed by atoms with Gasteiger partial charge in [-0.1, -0.05) is 15.9 Å². The minimum absolute atomic E-state index is 0.0881. The summed E-state index contributed by atoms with van der Waals surface area (Å²) in [6.45, 7) is 1.81. The van der Waals surface area contributed by atoms with Gasteiger partial charge in [-0.15, -0.1) is 0 Å². The summed E-state index contributed by atoms with van der Waals surface area (Å²) in [5.74, 6) is 2.32. The molecule has 1 atom stereocenters. The number of benzene rings is 1. The zero-order chi connectivity index (χ0) is 16.4. The van der Waals surface area contributed by atoms with E-state index >= 15 is 0 Å². The minimum atomic E-state index is -2.91. The Labute approximate surface area is 143 Å². The molecule has 23 heavy (non-hydrogen) atoms. The first-order valence-corrected chi connectivity index (χ1v) is 9.86. The maximum absolute atomic E-state index is 11.5. The van der Waals surface area contributed by atoms with Gasteiger partial charge in [-0.2, -0.15) is 0 Å². The zero-order valence-corrected chi connectivity index (χ0v) is 15.0. The summed E-state index contributed by atoms with van der Waals surface area (Å²) in [7, 11) is -2.91. The molecule has 1 unspecified atom stereocenters. The van der Waals surface area contributed by atoms with Crippen molar-refractivity contribution in [1.82, 2.24) is 9.97 Å². The molecular formula is C15H17BrN4O2S. The largest absolute Gasteiger partial charge is 0.366 e. The van der Waals surface area contributed by atoms with Crippen LogP contribution < -0.4 is 10.6 Å². The lowest BCUT2D eigenvalue weighted by molar-refractivity contribution is 0.602. The number of anilines is 3. The van der Waals surface area contributed by atoms with Crippen molar-refractivity contribution in [1.29, 1.82) is 0 Å². The van der Waals surface area contributed by atoms with Crippen LogP contribution in [0.3, 0.4) is 0 Å². The van der Waals surface area contributed by atoms with Crippen LogP contribution in [-0.2, 0) is 9.84 Å². The predicted molar refractivity (Wildman–Crippen MR) is 94.9 cm³/mol. The molecule has 2 heterocycles. The molecule has 122 valence electrons. The van der Waals surface area contributed by atoms with Gasteiger partial charge < -0.3 is 10.6 Å². The van der Waals surface area contributed by atoms with Crippen molar-refractivity contribution in [3.05, 3.63) is 40.6 Å². The molecule has 0 spiro atoms. The standard InChI is InChI=1S/C15H17BrN4O2S/c1-10-17-14(19-12-4-2-11(16)3-5-12)8-15(18-10)20-13-6-7-23(21,22)9-13/h2-5,8,13H,6-7,9H2,1H3,(H2,17,18,19,20). The van der Waals surface area contributed by atoms with E-state index < -0.39 is 9.84 Å². The van der Waals surface area contributed by atoms with Crippen LogP contribution >= 0.6 is 15.9 Å². The lowest BCUT2D eigenvalue weighted by Crippen LogP contribution is -2.21. The molecule has 0 bridgehead atoms. The Balaban J connectivity index is 1.75. The van der Waals surface area contributed by atoms with Crippen LogP contribution in [0.1, 0.15) is 12.2 Å². The van der Waals surface area contributed by atoms with Gasteiger partial charge in [0, 0.05) is 22.3 Å². The van der Waals surface area contributed by atoms with E-state index in [0.717, 1.165) is 10.2 Å². The molecule has 0 radical (unpaired) electrons. The molecule has 1 aliphatic rings. The van der Waals surface area contributed by atoms with Crippen LogP contribution in [0.5, 0.6) is 0 Å². The fraction of sp³-hybridized carbons (Fsp3) is 0.333.